The van der Waals surface area contributed by atoms with Gasteiger partial charge in [-0.2, -0.15) is 5.26 Å². The Morgan fingerprint density at radius 3 is 2.95 bits per heavy atom. The summed E-state index contributed by atoms with van der Waals surface area (Å²) >= 11 is 0. The molecule has 1 heterocycles. The van der Waals surface area contributed by atoms with Crippen molar-refractivity contribution >= 4 is 5.91 Å². The molecule has 1 aromatic rings. The van der Waals surface area contributed by atoms with Gasteiger partial charge in [0.05, 0.1) is 18.5 Å². The molecule has 0 saturated heterocycles. The Morgan fingerprint density at radius 2 is 2.26 bits per heavy atom. The van der Waals surface area contributed by atoms with Crippen molar-refractivity contribution in [3.63, 3.8) is 0 Å². The molecule has 1 aromatic carbocycles. The van der Waals surface area contributed by atoms with E-state index in [1.165, 1.54) is 11.1 Å². The number of nitrogens with one attached hydrogen (secondary N) is 2. The number of rotatable bonds is 4. The van der Waals surface area contributed by atoms with Crippen molar-refractivity contribution in [2.45, 2.75) is 44.8 Å². The molecule has 2 N–H and O–H groups in total. The lowest BCUT2D eigenvalue weighted by molar-refractivity contribution is -0.124. The highest BCUT2D eigenvalue weighted by molar-refractivity contribution is 5.82. The van der Waals surface area contributed by atoms with E-state index in [-0.39, 0.29) is 18.0 Å². The monoisotopic (exact) mass is 257 g/mol. The maximum Gasteiger partial charge on any atom is 0.237 e. The molecule has 100 valence electrons. The van der Waals surface area contributed by atoms with Crippen LogP contribution in [0.2, 0.25) is 0 Å². The highest BCUT2D eigenvalue weighted by atomic mass is 16.2. The maximum atomic E-state index is 12.2. The van der Waals surface area contributed by atoms with Gasteiger partial charge in [0, 0.05) is 12.6 Å². The number of fused-ring (bicyclic) bond motifs is 1. The fraction of sp³-hybridized carbons (Fsp3) is 0.467. The van der Waals surface area contributed by atoms with Gasteiger partial charge in [-0.1, -0.05) is 31.2 Å². The van der Waals surface area contributed by atoms with Crippen LogP contribution in [-0.2, 0) is 17.8 Å². The smallest absolute Gasteiger partial charge is 0.237 e. The molecule has 4 nitrogen and oxygen atoms in total. The molecule has 2 atom stereocenters. The summed E-state index contributed by atoms with van der Waals surface area (Å²) in [5, 5.41) is 14.9. The first-order valence-electron chi connectivity index (χ1n) is 6.72. The second-order valence-electron chi connectivity index (χ2n) is 4.88. The number of nitriles is 1. The minimum absolute atomic E-state index is 0.00315. The van der Waals surface area contributed by atoms with Gasteiger partial charge in [0.2, 0.25) is 5.91 Å². The van der Waals surface area contributed by atoms with Crippen molar-refractivity contribution in [1.29, 1.82) is 5.26 Å². The van der Waals surface area contributed by atoms with Gasteiger partial charge in [-0.15, -0.1) is 0 Å². The lowest BCUT2D eigenvalue weighted by Gasteiger charge is -2.26. The Labute approximate surface area is 113 Å². The highest BCUT2D eigenvalue weighted by Gasteiger charge is 2.25. The SMILES string of the molecule is CCC(CC#N)NC(=O)C1Cc2ccccc2CN1. The molecule has 0 bridgehead atoms. The van der Waals surface area contributed by atoms with E-state index < -0.39 is 0 Å². The van der Waals surface area contributed by atoms with Crippen LogP contribution < -0.4 is 10.6 Å². The molecule has 0 fully saturated rings. The molecule has 0 spiro atoms. The number of benzene rings is 1. The fourth-order valence-corrected chi connectivity index (χ4v) is 2.35. The molecule has 1 aliphatic heterocycles. The minimum Gasteiger partial charge on any atom is -0.351 e. The van der Waals surface area contributed by atoms with Crippen LogP contribution >= 0.6 is 0 Å². The minimum atomic E-state index is -0.192. The Morgan fingerprint density at radius 1 is 1.53 bits per heavy atom. The van der Waals surface area contributed by atoms with Gasteiger partial charge in [-0.05, 0) is 24.0 Å². The van der Waals surface area contributed by atoms with Crippen molar-refractivity contribution in [1.82, 2.24) is 10.6 Å². The summed E-state index contributed by atoms with van der Waals surface area (Å²) in [6.45, 7) is 2.70. The van der Waals surface area contributed by atoms with E-state index in [4.69, 9.17) is 5.26 Å². The summed E-state index contributed by atoms with van der Waals surface area (Å²) in [7, 11) is 0. The largest absolute Gasteiger partial charge is 0.351 e. The molecule has 19 heavy (non-hydrogen) atoms. The highest BCUT2D eigenvalue weighted by Crippen LogP contribution is 2.16. The van der Waals surface area contributed by atoms with Gasteiger partial charge < -0.3 is 10.6 Å². The molecule has 0 radical (unpaired) electrons. The number of amides is 1. The third-order valence-electron chi connectivity index (χ3n) is 3.57. The number of hydrogen-bond acceptors (Lipinski definition) is 3. The Balaban J connectivity index is 1.97. The molecule has 1 aliphatic rings. The van der Waals surface area contributed by atoms with Crippen molar-refractivity contribution in [3.8, 4) is 6.07 Å². The molecule has 2 rings (SSSR count). The van der Waals surface area contributed by atoms with Gasteiger partial charge in [-0.3, -0.25) is 4.79 Å². The van der Waals surface area contributed by atoms with E-state index >= 15 is 0 Å². The van der Waals surface area contributed by atoms with Crippen molar-refractivity contribution in [2.24, 2.45) is 0 Å². The molecule has 4 heteroatoms. The van der Waals surface area contributed by atoms with Crippen LogP contribution in [0.5, 0.6) is 0 Å². The lowest BCUT2D eigenvalue weighted by Crippen LogP contribution is -2.50. The summed E-state index contributed by atoms with van der Waals surface area (Å²) < 4.78 is 0. The van der Waals surface area contributed by atoms with Crippen molar-refractivity contribution in [3.05, 3.63) is 35.4 Å². The van der Waals surface area contributed by atoms with E-state index in [0.717, 1.165) is 13.0 Å². The summed E-state index contributed by atoms with van der Waals surface area (Å²) in [6.07, 6.45) is 1.86. The number of hydrogen-bond donors (Lipinski definition) is 2. The van der Waals surface area contributed by atoms with E-state index in [0.29, 0.717) is 12.8 Å². The average molecular weight is 257 g/mol. The molecular formula is C15H19N3O. The molecule has 0 aliphatic carbocycles. The number of nitrogens with zero attached hydrogens (tertiary/aromatic N) is 1. The summed E-state index contributed by atoms with van der Waals surface area (Å²) in [5.74, 6) is -0.00315. The molecule has 0 saturated carbocycles. The van der Waals surface area contributed by atoms with E-state index in [9.17, 15) is 4.79 Å². The van der Waals surface area contributed by atoms with Crippen LogP contribution in [0.4, 0.5) is 0 Å². The van der Waals surface area contributed by atoms with Crippen molar-refractivity contribution < 1.29 is 4.79 Å². The first kappa shape index (κ1) is 13.6. The zero-order valence-corrected chi connectivity index (χ0v) is 11.1. The van der Waals surface area contributed by atoms with Gasteiger partial charge in [-0.25, -0.2) is 0 Å². The van der Waals surface area contributed by atoms with Gasteiger partial charge >= 0.3 is 0 Å². The predicted molar refractivity (Wildman–Crippen MR) is 73.2 cm³/mol. The predicted octanol–water partition coefficient (Wildman–Crippen LogP) is 1.51. The van der Waals surface area contributed by atoms with Gasteiger partial charge in [0.15, 0.2) is 0 Å². The Bertz CT molecular complexity index is 492. The van der Waals surface area contributed by atoms with Crippen molar-refractivity contribution in [2.75, 3.05) is 0 Å². The van der Waals surface area contributed by atoms with Crippen LogP contribution in [0, 0.1) is 11.3 Å². The molecule has 2 unspecified atom stereocenters. The zero-order valence-electron chi connectivity index (χ0n) is 11.1. The fourth-order valence-electron chi connectivity index (χ4n) is 2.35. The number of carbonyl (C=O) groups excluding carboxylic acids is 1. The summed E-state index contributed by atoms with van der Waals surface area (Å²) in [4.78, 5) is 12.2. The topological polar surface area (TPSA) is 64.9 Å². The second kappa shape index (κ2) is 6.35. The lowest BCUT2D eigenvalue weighted by atomic mass is 9.95. The average Bonchev–Trinajstić information content (AvgIpc) is 2.46. The van der Waals surface area contributed by atoms with Crippen LogP contribution in [0.1, 0.15) is 30.9 Å². The Kier molecular flexibility index (Phi) is 4.53. The van der Waals surface area contributed by atoms with Crippen LogP contribution in [0.25, 0.3) is 0 Å². The molecular weight excluding hydrogens is 238 g/mol. The van der Waals surface area contributed by atoms with E-state index in [2.05, 4.69) is 28.8 Å². The van der Waals surface area contributed by atoms with E-state index in [1.54, 1.807) is 0 Å². The van der Waals surface area contributed by atoms with E-state index in [1.807, 2.05) is 19.1 Å². The maximum absolute atomic E-state index is 12.2. The quantitative estimate of drug-likeness (QED) is 0.859. The summed E-state index contributed by atoms with van der Waals surface area (Å²) in [6, 6.07) is 10.0. The third-order valence-corrected chi connectivity index (χ3v) is 3.57. The standard InChI is InChI=1S/C15H19N3O/c1-2-13(7-8-16)18-15(19)14-9-11-5-3-4-6-12(11)10-17-14/h3-6,13-14,17H,2,7,9-10H2,1H3,(H,18,19). The second-order valence-corrected chi connectivity index (χ2v) is 4.88. The first-order chi connectivity index (χ1) is 9.24. The molecule has 1 amide bonds. The Hall–Kier alpha value is -1.86. The summed E-state index contributed by atoms with van der Waals surface area (Å²) in [5.41, 5.74) is 2.49. The first-order valence-corrected chi connectivity index (χ1v) is 6.72. The van der Waals surface area contributed by atoms with Gasteiger partial charge in [0.1, 0.15) is 0 Å². The van der Waals surface area contributed by atoms with Crippen LogP contribution in [-0.4, -0.2) is 18.0 Å². The number of carbonyl (C=O) groups is 1. The third kappa shape index (κ3) is 3.33. The normalized spacial score (nSPS) is 19.1. The zero-order chi connectivity index (χ0) is 13.7. The van der Waals surface area contributed by atoms with Crippen LogP contribution in [0.3, 0.4) is 0 Å². The van der Waals surface area contributed by atoms with Gasteiger partial charge in [0.25, 0.3) is 0 Å². The van der Waals surface area contributed by atoms with Crippen LogP contribution in [0.15, 0.2) is 24.3 Å². The molecule has 0 aromatic heterocycles.